The standard InChI is InChI=1S/C14H18O3/c1-6-9(2)13-11(10(3)15)7-8-12(16-4)14(13)17-5/h6-9H,1H2,2-5H3. The van der Waals surface area contributed by atoms with Crippen LogP contribution in [0.4, 0.5) is 0 Å². The first-order chi connectivity index (χ1) is 8.06. The number of ether oxygens (including phenoxy) is 2. The van der Waals surface area contributed by atoms with E-state index < -0.39 is 0 Å². The molecule has 0 aliphatic rings. The second kappa shape index (κ2) is 5.53. The van der Waals surface area contributed by atoms with E-state index in [2.05, 4.69) is 6.58 Å². The van der Waals surface area contributed by atoms with Gasteiger partial charge in [-0.15, -0.1) is 6.58 Å². The summed E-state index contributed by atoms with van der Waals surface area (Å²) in [5.41, 5.74) is 1.48. The van der Waals surface area contributed by atoms with Crippen molar-refractivity contribution < 1.29 is 14.3 Å². The first-order valence-corrected chi connectivity index (χ1v) is 5.45. The molecule has 1 aromatic rings. The van der Waals surface area contributed by atoms with Crippen LogP contribution in [0, 0.1) is 0 Å². The van der Waals surface area contributed by atoms with Crippen LogP contribution in [-0.2, 0) is 0 Å². The lowest BCUT2D eigenvalue weighted by atomic mass is 9.92. The largest absolute Gasteiger partial charge is 0.493 e. The fourth-order valence-electron chi connectivity index (χ4n) is 1.83. The molecule has 0 fully saturated rings. The number of carbonyl (C=O) groups is 1. The van der Waals surface area contributed by atoms with Crippen molar-refractivity contribution in [3.63, 3.8) is 0 Å². The molecule has 0 aromatic heterocycles. The molecule has 3 nitrogen and oxygen atoms in total. The Hall–Kier alpha value is -1.77. The van der Waals surface area contributed by atoms with Crippen molar-refractivity contribution in [3.05, 3.63) is 35.9 Å². The van der Waals surface area contributed by atoms with Gasteiger partial charge in [0.25, 0.3) is 0 Å². The minimum Gasteiger partial charge on any atom is -0.493 e. The summed E-state index contributed by atoms with van der Waals surface area (Å²) in [5, 5.41) is 0. The summed E-state index contributed by atoms with van der Waals surface area (Å²) in [7, 11) is 3.15. The molecule has 17 heavy (non-hydrogen) atoms. The second-order valence-electron chi connectivity index (χ2n) is 3.84. The van der Waals surface area contributed by atoms with Gasteiger partial charge in [0.05, 0.1) is 14.2 Å². The van der Waals surface area contributed by atoms with Crippen LogP contribution in [0.3, 0.4) is 0 Å². The third-order valence-corrected chi connectivity index (χ3v) is 2.77. The average Bonchev–Trinajstić information content (AvgIpc) is 2.35. The number of benzene rings is 1. The van der Waals surface area contributed by atoms with E-state index in [1.807, 2.05) is 6.92 Å². The van der Waals surface area contributed by atoms with Crippen molar-refractivity contribution in [3.8, 4) is 11.5 Å². The Bertz CT molecular complexity index is 435. The van der Waals surface area contributed by atoms with Gasteiger partial charge in [-0.05, 0) is 19.1 Å². The van der Waals surface area contributed by atoms with E-state index in [4.69, 9.17) is 9.47 Å². The molecule has 0 aliphatic carbocycles. The van der Waals surface area contributed by atoms with Crippen molar-refractivity contribution in [2.45, 2.75) is 19.8 Å². The van der Waals surface area contributed by atoms with Gasteiger partial charge in [0.15, 0.2) is 17.3 Å². The summed E-state index contributed by atoms with van der Waals surface area (Å²) in [6.07, 6.45) is 1.78. The Kier molecular flexibility index (Phi) is 4.32. The Morgan fingerprint density at radius 3 is 2.41 bits per heavy atom. The number of carbonyl (C=O) groups excluding carboxylic acids is 1. The van der Waals surface area contributed by atoms with Gasteiger partial charge >= 0.3 is 0 Å². The lowest BCUT2D eigenvalue weighted by Gasteiger charge is -2.18. The Morgan fingerprint density at radius 2 is 2.00 bits per heavy atom. The van der Waals surface area contributed by atoms with Gasteiger partial charge in [-0.2, -0.15) is 0 Å². The SMILES string of the molecule is C=CC(C)c1c(C(C)=O)ccc(OC)c1OC. The highest BCUT2D eigenvalue weighted by Gasteiger charge is 2.20. The molecule has 1 atom stereocenters. The third kappa shape index (κ3) is 2.49. The highest BCUT2D eigenvalue weighted by Crippen LogP contribution is 2.38. The Labute approximate surface area is 102 Å². The maximum atomic E-state index is 11.6. The average molecular weight is 234 g/mol. The first kappa shape index (κ1) is 13.3. The van der Waals surface area contributed by atoms with Crippen molar-refractivity contribution in [1.82, 2.24) is 0 Å². The topological polar surface area (TPSA) is 35.5 Å². The number of methoxy groups -OCH3 is 2. The molecule has 0 bridgehead atoms. The lowest BCUT2D eigenvalue weighted by Crippen LogP contribution is -2.06. The second-order valence-corrected chi connectivity index (χ2v) is 3.84. The molecule has 0 heterocycles. The minimum atomic E-state index is 0.00894. The quantitative estimate of drug-likeness (QED) is 0.579. The van der Waals surface area contributed by atoms with Crippen LogP contribution in [0.25, 0.3) is 0 Å². The molecule has 1 aromatic carbocycles. The number of ketones is 1. The molecule has 0 spiro atoms. The molecular formula is C14H18O3. The van der Waals surface area contributed by atoms with Gasteiger partial charge in [0.1, 0.15) is 0 Å². The van der Waals surface area contributed by atoms with Crippen LogP contribution >= 0.6 is 0 Å². The van der Waals surface area contributed by atoms with Crippen LogP contribution in [0.1, 0.15) is 35.7 Å². The summed E-state index contributed by atoms with van der Waals surface area (Å²) >= 11 is 0. The van der Waals surface area contributed by atoms with E-state index in [-0.39, 0.29) is 11.7 Å². The molecule has 92 valence electrons. The van der Waals surface area contributed by atoms with Crippen molar-refractivity contribution in [2.24, 2.45) is 0 Å². The van der Waals surface area contributed by atoms with Gasteiger partial charge in [-0.1, -0.05) is 13.0 Å². The van der Waals surface area contributed by atoms with Crippen LogP contribution in [0.5, 0.6) is 11.5 Å². The molecule has 0 aliphatic heterocycles. The van der Waals surface area contributed by atoms with Crippen molar-refractivity contribution in [1.29, 1.82) is 0 Å². The summed E-state index contributed by atoms with van der Waals surface area (Å²) in [4.78, 5) is 11.6. The number of rotatable bonds is 5. The third-order valence-electron chi connectivity index (χ3n) is 2.77. The van der Waals surface area contributed by atoms with Crippen molar-refractivity contribution in [2.75, 3.05) is 14.2 Å². The monoisotopic (exact) mass is 234 g/mol. The van der Waals surface area contributed by atoms with Gasteiger partial charge in [0, 0.05) is 17.0 Å². The lowest BCUT2D eigenvalue weighted by molar-refractivity contribution is 0.101. The molecule has 0 saturated heterocycles. The fourth-order valence-corrected chi connectivity index (χ4v) is 1.83. The van der Waals surface area contributed by atoms with Crippen LogP contribution in [-0.4, -0.2) is 20.0 Å². The van der Waals surface area contributed by atoms with E-state index in [1.165, 1.54) is 0 Å². The van der Waals surface area contributed by atoms with Gasteiger partial charge in [-0.3, -0.25) is 4.79 Å². The zero-order valence-electron chi connectivity index (χ0n) is 10.7. The fraction of sp³-hybridized carbons (Fsp3) is 0.357. The zero-order chi connectivity index (χ0) is 13.0. The predicted octanol–water partition coefficient (Wildman–Crippen LogP) is 3.20. The van der Waals surface area contributed by atoms with Gasteiger partial charge in [0.2, 0.25) is 0 Å². The number of hydrogen-bond acceptors (Lipinski definition) is 3. The Balaban J connectivity index is 3.55. The smallest absolute Gasteiger partial charge is 0.165 e. The number of hydrogen-bond donors (Lipinski definition) is 0. The van der Waals surface area contributed by atoms with Gasteiger partial charge < -0.3 is 9.47 Å². The zero-order valence-corrected chi connectivity index (χ0v) is 10.7. The molecule has 3 heteroatoms. The summed E-state index contributed by atoms with van der Waals surface area (Å²) in [6.45, 7) is 7.27. The minimum absolute atomic E-state index is 0.00894. The summed E-state index contributed by atoms with van der Waals surface area (Å²) < 4.78 is 10.6. The Morgan fingerprint density at radius 1 is 1.35 bits per heavy atom. The van der Waals surface area contributed by atoms with Crippen LogP contribution in [0.15, 0.2) is 24.8 Å². The maximum absolute atomic E-state index is 11.6. The van der Waals surface area contributed by atoms with Crippen LogP contribution in [0.2, 0.25) is 0 Å². The molecule has 0 amide bonds. The maximum Gasteiger partial charge on any atom is 0.165 e. The highest BCUT2D eigenvalue weighted by atomic mass is 16.5. The van der Waals surface area contributed by atoms with E-state index in [9.17, 15) is 4.79 Å². The number of allylic oxidation sites excluding steroid dienone is 1. The molecule has 0 radical (unpaired) electrons. The molecular weight excluding hydrogens is 216 g/mol. The molecule has 0 N–H and O–H groups in total. The van der Waals surface area contributed by atoms with Gasteiger partial charge in [-0.25, -0.2) is 0 Å². The highest BCUT2D eigenvalue weighted by molar-refractivity contribution is 5.97. The van der Waals surface area contributed by atoms with E-state index >= 15 is 0 Å². The molecule has 1 unspecified atom stereocenters. The van der Waals surface area contributed by atoms with E-state index in [0.29, 0.717) is 17.1 Å². The molecule has 1 rings (SSSR count). The van der Waals surface area contributed by atoms with Crippen molar-refractivity contribution >= 4 is 5.78 Å². The summed E-state index contributed by atoms with van der Waals surface area (Å²) in [6, 6.07) is 3.51. The summed E-state index contributed by atoms with van der Waals surface area (Å²) in [5.74, 6) is 1.27. The normalized spacial score (nSPS) is 11.8. The molecule has 0 saturated carbocycles. The first-order valence-electron chi connectivity index (χ1n) is 5.45. The predicted molar refractivity (Wildman–Crippen MR) is 68.2 cm³/mol. The van der Waals surface area contributed by atoms with E-state index in [0.717, 1.165) is 5.56 Å². The van der Waals surface area contributed by atoms with E-state index in [1.54, 1.807) is 39.4 Å². The number of Topliss-reactive ketones (excluding diaryl/α,β-unsaturated/α-hetero) is 1. The van der Waals surface area contributed by atoms with Crippen LogP contribution < -0.4 is 9.47 Å².